The Morgan fingerprint density at radius 3 is 2.89 bits per heavy atom. The topological polar surface area (TPSA) is 88.5 Å². The summed E-state index contributed by atoms with van der Waals surface area (Å²) < 4.78 is 7.51. The van der Waals surface area contributed by atoms with Gasteiger partial charge in [-0.15, -0.1) is 0 Å². The van der Waals surface area contributed by atoms with Crippen LogP contribution in [-0.4, -0.2) is 41.2 Å². The normalized spacial score (nSPS) is 21.8. The van der Waals surface area contributed by atoms with Gasteiger partial charge in [0.25, 0.3) is 0 Å². The molecule has 8 nitrogen and oxygen atoms in total. The lowest BCUT2D eigenvalue weighted by Crippen LogP contribution is -2.40. The van der Waals surface area contributed by atoms with Crippen molar-refractivity contribution in [3.63, 3.8) is 0 Å². The number of methoxy groups -OCH3 is 1. The van der Waals surface area contributed by atoms with Gasteiger partial charge in [-0.25, -0.2) is 9.78 Å². The number of amides is 3. The van der Waals surface area contributed by atoms with Gasteiger partial charge in [-0.1, -0.05) is 0 Å². The number of carbonyl (C=O) groups is 2. The highest BCUT2D eigenvalue weighted by Crippen LogP contribution is 2.34. The van der Waals surface area contributed by atoms with Gasteiger partial charge < -0.3 is 24.8 Å². The molecule has 8 heteroatoms. The average Bonchev–Trinajstić information content (AvgIpc) is 3.43. The molecule has 2 N–H and O–H groups in total. The Morgan fingerprint density at radius 1 is 1.29 bits per heavy atom. The molecule has 148 valence electrons. The molecule has 0 bridgehead atoms. The standard InChI is InChI=1S/C20H25N5O3/c1-28-18-12-14(7-8-17(18)25-10-3-6-19(25)26)22-20(27)23-15-4-2-5-16(15)24-11-9-21-13-24/h7-9,11-13,15-16H,2-6,10H2,1H3,(H2,22,23,27)/t15-,16+/m1/s1. The van der Waals surface area contributed by atoms with Crippen LogP contribution in [0.15, 0.2) is 36.9 Å². The second-order valence-electron chi connectivity index (χ2n) is 7.25. The van der Waals surface area contributed by atoms with Gasteiger partial charge in [0.15, 0.2) is 0 Å². The molecule has 2 heterocycles. The molecule has 1 saturated heterocycles. The number of benzene rings is 1. The van der Waals surface area contributed by atoms with Gasteiger partial charge >= 0.3 is 6.03 Å². The number of aromatic nitrogens is 2. The maximum atomic E-state index is 12.5. The zero-order chi connectivity index (χ0) is 19.5. The molecular formula is C20H25N5O3. The SMILES string of the molecule is COc1cc(NC(=O)N[C@@H]2CCC[C@@H]2n2ccnc2)ccc1N1CCCC1=O. The fraction of sp³-hybridized carbons (Fsp3) is 0.450. The maximum Gasteiger partial charge on any atom is 0.319 e. The molecule has 2 aliphatic rings. The highest BCUT2D eigenvalue weighted by atomic mass is 16.5. The van der Waals surface area contributed by atoms with Crippen LogP contribution in [0.2, 0.25) is 0 Å². The van der Waals surface area contributed by atoms with Crippen LogP contribution in [0.5, 0.6) is 5.75 Å². The lowest BCUT2D eigenvalue weighted by atomic mass is 10.2. The van der Waals surface area contributed by atoms with Crippen molar-refractivity contribution in [2.24, 2.45) is 0 Å². The summed E-state index contributed by atoms with van der Waals surface area (Å²) in [6.07, 6.45) is 9.93. The third-order valence-electron chi connectivity index (χ3n) is 5.51. The van der Waals surface area contributed by atoms with Gasteiger partial charge in [0, 0.05) is 37.1 Å². The largest absolute Gasteiger partial charge is 0.494 e. The summed E-state index contributed by atoms with van der Waals surface area (Å²) in [6, 6.07) is 5.42. The number of anilines is 2. The van der Waals surface area contributed by atoms with Crippen molar-refractivity contribution in [3.8, 4) is 5.75 Å². The van der Waals surface area contributed by atoms with Crippen molar-refractivity contribution in [2.75, 3.05) is 23.9 Å². The fourth-order valence-corrected chi connectivity index (χ4v) is 4.15. The average molecular weight is 383 g/mol. The molecule has 1 saturated carbocycles. The molecule has 0 unspecified atom stereocenters. The van der Waals surface area contributed by atoms with Crippen LogP contribution >= 0.6 is 0 Å². The Bertz CT molecular complexity index is 852. The second-order valence-corrected chi connectivity index (χ2v) is 7.25. The first-order chi connectivity index (χ1) is 13.7. The van der Waals surface area contributed by atoms with Crippen LogP contribution in [0.3, 0.4) is 0 Å². The van der Waals surface area contributed by atoms with Crippen LogP contribution in [0.25, 0.3) is 0 Å². The molecule has 0 spiro atoms. The molecular weight excluding hydrogens is 358 g/mol. The molecule has 0 radical (unpaired) electrons. The Kier molecular flexibility index (Phi) is 5.18. The zero-order valence-corrected chi connectivity index (χ0v) is 15.9. The van der Waals surface area contributed by atoms with Crippen molar-refractivity contribution in [2.45, 2.75) is 44.2 Å². The third-order valence-corrected chi connectivity index (χ3v) is 5.51. The maximum absolute atomic E-state index is 12.5. The smallest absolute Gasteiger partial charge is 0.319 e. The number of nitrogens with zero attached hydrogens (tertiary/aromatic N) is 3. The monoisotopic (exact) mass is 383 g/mol. The molecule has 28 heavy (non-hydrogen) atoms. The minimum absolute atomic E-state index is 0.0672. The quantitative estimate of drug-likeness (QED) is 0.831. The van der Waals surface area contributed by atoms with Crippen molar-refractivity contribution < 1.29 is 14.3 Å². The predicted molar refractivity (Wildman–Crippen MR) is 106 cm³/mol. The van der Waals surface area contributed by atoms with Gasteiger partial charge in [-0.2, -0.15) is 0 Å². The molecule has 2 aromatic rings. The fourth-order valence-electron chi connectivity index (χ4n) is 4.15. The highest BCUT2D eigenvalue weighted by molar-refractivity contribution is 5.97. The highest BCUT2D eigenvalue weighted by Gasteiger charge is 2.30. The lowest BCUT2D eigenvalue weighted by molar-refractivity contribution is -0.117. The first-order valence-corrected chi connectivity index (χ1v) is 9.69. The van der Waals surface area contributed by atoms with E-state index in [1.165, 1.54) is 0 Å². The molecule has 1 aliphatic heterocycles. The number of hydrogen-bond donors (Lipinski definition) is 2. The van der Waals surface area contributed by atoms with E-state index in [1.54, 1.807) is 36.7 Å². The van der Waals surface area contributed by atoms with Crippen LogP contribution in [-0.2, 0) is 4.79 Å². The minimum Gasteiger partial charge on any atom is -0.494 e. The minimum atomic E-state index is -0.246. The Balaban J connectivity index is 1.42. The van der Waals surface area contributed by atoms with Crippen molar-refractivity contribution in [1.29, 1.82) is 0 Å². The molecule has 4 rings (SSSR count). The lowest BCUT2D eigenvalue weighted by Gasteiger charge is -2.23. The van der Waals surface area contributed by atoms with E-state index in [0.717, 1.165) is 31.4 Å². The third kappa shape index (κ3) is 3.67. The van der Waals surface area contributed by atoms with E-state index in [0.29, 0.717) is 24.4 Å². The zero-order valence-electron chi connectivity index (χ0n) is 15.9. The number of carbonyl (C=O) groups excluding carboxylic acids is 2. The molecule has 1 aromatic heterocycles. The first kappa shape index (κ1) is 18.3. The molecule has 1 aromatic carbocycles. The summed E-state index contributed by atoms with van der Waals surface area (Å²) >= 11 is 0. The second kappa shape index (κ2) is 7.92. The van der Waals surface area contributed by atoms with Gasteiger partial charge in [0.2, 0.25) is 5.91 Å². The summed E-state index contributed by atoms with van der Waals surface area (Å²) in [6.45, 7) is 0.694. The molecule has 1 aliphatic carbocycles. The molecule has 2 fully saturated rings. The van der Waals surface area contributed by atoms with Crippen molar-refractivity contribution in [1.82, 2.24) is 14.9 Å². The Labute approximate surface area is 163 Å². The molecule has 2 atom stereocenters. The Hall–Kier alpha value is -3.03. The van der Waals surface area contributed by atoms with E-state index in [2.05, 4.69) is 20.2 Å². The van der Waals surface area contributed by atoms with Gasteiger partial charge in [-0.05, 0) is 37.8 Å². The predicted octanol–water partition coefficient (Wildman–Crippen LogP) is 2.93. The number of hydrogen-bond acceptors (Lipinski definition) is 4. The van der Waals surface area contributed by atoms with Gasteiger partial charge in [0.1, 0.15) is 5.75 Å². The van der Waals surface area contributed by atoms with Crippen molar-refractivity contribution >= 4 is 23.3 Å². The van der Waals surface area contributed by atoms with E-state index in [1.807, 2.05) is 12.3 Å². The van der Waals surface area contributed by atoms with E-state index < -0.39 is 0 Å². The summed E-state index contributed by atoms with van der Waals surface area (Å²) in [7, 11) is 1.57. The summed E-state index contributed by atoms with van der Waals surface area (Å²) in [4.78, 5) is 30.4. The first-order valence-electron chi connectivity index (χ1n) is 9.69. The summed E-state index contributed by atoms with van der Waals surface area (Å²) in [5.41, 5.74) is 1.37. The van der Waals surface area contributed by atoms with E-state index in [4.69, 9.17) is 4.74 Å². The van der Waals surface area contributed by atoms with Crippen LogP contribution in [0.1, 0.15) is 38.1 Å². The van der Waals surface area contributed by atoms with E-state index in [9.17, 15) is 9.59 Å². The van der Waals surface area contributed by atoms with E-state index >= 15 is 0 Å². The van der Waals surface area contributed by atoms with Crippen LogP contribution in [0.4, 0.5) is 16.2 Å². The van der Waals surface area contributed by atoms with Gasteiger partial charge in [0.05, 0.1) is 31.2 Å². The van der Waals surface area contributed by atoms with Crippen molar-refractivity contribution in [3.05, 3.63) is 36.9 Å². The number of imidazole rings is 1. The van der Waals surface area contributed by atoms with E-state index in [-0.39, 0.29) is 24.0 Å². The summed E-state index contributed by atoms with van der Waals surface area (Å²) in [5.74, 6) is 0.675. The van der Waals surface area contributed by atoms with Crippen LogP contribution in [0, 0.1) is 0 Å². The number of ether oxygens (including phenoxy) is 1. The number of rotatable bonds is 5. The number of urea groups is 1. The molecule has 3 amide bonds. The Morgan fingerprint density at radius 2 is 2.18 bits per heavy atom. The van der Waals surface area contributed by atoms with Gasteiger partial charge in [-0.3, -0.25) is 4.79 Å². The van der Waals surface area contributed by atoms with Crippen LogP contribution < -0.4 is 20.3 Å². The number of nitrogens with one attached hydrogen (secondary N) is 2. The summed E-state index contributed by atoms with van der Waals surface area (Å²) in [5, 5.41) is 5.96.